The second kappa shape index (κ2) is 11.5. The zero-order valence-corrected chi connectivity index (χ0v) is 22.8. The van der Waals surface area contributed by atoms with Crippen LogP contribution in [0.25, 0.3) is 11.3 Å². The molecule has 0 bridgehead atoms. The molecule has 12 heteroatoms. The molecule has 3 amide bonds. The molecule has 40 heavy (non-hydrogen) atoms. The minimum absolute atomic E-state index is 0.0785. The van der Waals surface area contributed by atoms with Gasteiger partial charge in [-0.1, -0.05) is 42.5 Å². The molecule has 1 saturated heterocycles. The Balaban J connectivity index is 1.13. The van der Waals surface area contributed by atoms with Crippen LogP contribution in [0.2, 0.25) is 0 Å². The Hall–Kier alpha value is -4.16. The Labute approximate surface area is 238 Å². The predicted octanol–water partition coefficient (Wildman–Crippen LogP) is 5.08. The third-order valence-corrected chi connectivity index (χ3v) is 8.54. The van der Waals surface area contributed by atoms with Crippen LogP contribution in [0.3, 0.4) is 0 Å². The highest BCUT2D eigenvalue weighted by molar-refractivity contribution is 7.99. The van der Waals surface area contributed by atoms with Crippen LogP contribution < -0.4 is 10.6 Å². The number of rotatable bonds is 8. The Morgan fingerprint density at radius 2 is 1.88 bits per heavy atom. The number of aromatic nitrogens is 2. The van der Waals surface area contributed by atoms with Crippen LogP contribution in [-0.2, 0) is 16.1 Å². The van der Waals surface area contributed by atoms with Crippen molar-refractivity contribution in [3.63, 3.8) is 0 Å². The maximum atomic E-state index is 13.4. The molecule has 2 unspecified atom stereocenters. The first kappa shape index (κ1) is 26.1. The Morgan fingerprint density at radius 1 is 1.07 bits per heavy atom. The van der Waals surface area contributed by atoms with E-state index >= 15 is 0 Å². The highest BCUT2D eigenvalue weighted by atomic mass is 32.2. The summed E-state index contributed by atoms with van der Waals surface area (Å²) in [5, 5.41) is 7.51. The molecule has 1 aliphatic heterocycles. The molecule has 4 aromatic rings. The first-order chi connectivity index (χ1) is 19.5. The summed E-state index contributed by atoms with van der Waals surface area (Å²) in [6.07, 6.45) is 4.26. The number of hydrogen-bond acceptors (Lipinski definition) is 9. The van der Waals surface area contributed by atoms with Gasteiger partial charge in [-0.05, 0) is 30.5 Å². The van der Waals surface area contributed by atoms with Crippen LogP contribution in [0.15, 0.2) is 77.0 Å². The van der Waals surface area contributed by atoms with E-state index in [0.29, 0.717) is 33.9 Å². The average Bonchev–Trinajstić information content (AvgIpc) is 3.36. The lowest BCUT2D eigenvalue weighted by molar-refractivity contribution is -0.120. The molecular weight excluding hydrogens is 550 g/mol. The lowest BCUT2D eigenvalue weighted by atomic mass is 10.1. The number of carbonyl (C=O) groups is 3. The topological polar surface area (TPSA) is 127 Å². The molecular formula is C28H25N5O5S2. The maximum absolute atomic E-state index is 13.4. The number of thiazole rings is 1. The highest BCUT2D eigenvalue weighted by Gasteiger charge is 2.45. The van der Waals surface area contributed by atoms with Gasteiger partial charge in [0.15, 0.2) is 17.3 Å². The van der Waals surface area contributed by atoms with Crippen molar-refractivity contribution in [2.45, 2.75) is 36.9 Å². The monoisotopic (exact) mass is 575 g/mol. The zero-order valence-electron chi connectivity index (χ0n) is 21.2. The van der Waals surface area contributed by atoms with E-state index in [4.69, 9.17) is 9.15 Å². The van der Waals surface area contributed by atoms with E-state index in [2.05, 4.69) is 20.6 Å². The van der Waals surface area contributed by atoms with Crippen molar-refractivity contribution in [3.05, 3.63) is 89.5 Å². The quantitative estimate of drug-likeness (QED) is 0.298. The number of nitrogens with one attached hydrogen (secondary N) is 2. The standard InChI is InChI=1S/C28H25N5O5S2/c34-24(30-20-10-11-20)19-8-6-18(7-9-19)21-14-40-27(31-21)32-25(35)22-15-39-26(23-12-29-16-38-23)33(22)28(36)37-13-17-4-2-1-3-5-17/h1-9,12,14,16,20,22,26H,10-11,13,15H2,(H,30,34)(H,31,32,35). The molecule has 0 spiro atoms. The summed E-state index contributed by atoms with van der Waals surface area (Å²) in [6.45, 7) is 0.0785. The minimum Gasteiger partial charge on any atom is -0.445 e. The van der Waals surface area contributed by atoms with Gasteiger partial charge in [-0.25, -0.2) is 14.8 Å². The number of oxazole rings is 1. The van der Waals surface area contributed by atoms with Crippen molar-refractivity contribution in [3.8, 4) is 11.3 Å². The normalized spacial score (nSPS) is 18.4. The third-order valence-electron chi connectivity index (χ3n) is 6.50. The van der Waals surface area contributed by atoms with Gasteiger partial charge in [0.05, 0.1) is 11.9 Å². The number of ether oxygens (including phenoxy) is 1. The van der Waals surface area contributed by atoms with Gasteiger partial charge in [-0.3, -0.25) is 14.5 Å². The summed E-state index contributed by atoms with van der Waals surface area (Å²) in [4.78, 5) is 48.8. The average molecular weight is 576 g/mol. The van der Waals surface area contributed by atoms with Crippen molar-refractivity contribution in [1.29, 1.82) is 0 Å². The Morgan fingerprint density at radius 3 is 2.60 bits per heavy atom. The summed E-state index contributed by atoms with van der Waals surface area (Å²) in [6, 6.07) is 16.0. The molecule has 0 radical (unpaired) electrons. The molecule has 10 nitrogen and oxygen atoms in total. The maximum Gasteiger partial charge on any atom is 0.412 e. The number of amides is 3. The summed E-state index contributed by atoms with van der Waals surface area (Å²) in [5.41, 5.74) is 2.94. The molecule has 2 N–H and O–H groups in total. The van der Waals surface area contributed by atoms with Crippen LogP contribution in [0, 0.1) is 0 Å². The van der Waals surface area contributed by atoms with E-state index in [9.17, 15) is 14.4 Å². The van der Waals surface area contributed by atoms with Gasteiger partial charge >= 0.3 is 6.09 Å². The van der Waals surface area contributed by atoms with Crippen molar-refractivity contribution < 1.29 is 23.5 Å². The third kappa shape index (κ3) is 5.87. The molecule has 204 valence electrons. The van der Waals surface area contributed by atoms with Gasteiger partial charge < -0.3 is 19.8 Å². The summed E-state index contributed by atoms with van der Waals surface area (Å²) < 4.78 is 11.0. The fraction of sp³-hybridized carbons (Fsp3) is 0.250. The number of hydrogen-bond donors (Lipinski definition) is 2. The number of benzene rings is 2. The van der Waals surface area contributed by atoms with Gasteiger partial charge in [0.2, 0.25) is 5.91 Å². The summed E-state index contributed by atoms with van der Waals surface area (Å²) >= 11 is 2.68. The van der Waals surface area contributed by atoms with Crippen LogP contribution in [-0.4, -0.2) is 50.6 Å². The van der Waals surface area contributed by atoms with Gasteiger partial charge in [-0.2, -0.15) is 0 Å². The zero-order chi connectivity index (χ0) is 27.5. The van der Waals surface area contributed by atoms with Crippen molar-refractivity contribution in [2.75, 3.05) is 11.1 Å². The van der Waals surface area contributed by atoms with E-state index in [0.717, 1.165) is 24.0 Å². The second-order valence-corrected chi connectivity index (χ2v) is 11.4. The fourth-order valence-electron chi connectivity index (χ4n) is 4.23. The number of anilines is 1. The highest BCUT2D eigenvalue weighted by Crippen LogP contribution is 2.42. The summed E-state index contributed by atoms with van der Waals surface area (Å²) in [5.74, 6) is 0.354. The van der Waals surface area contributed by atoms with E-state index in [1.807, 2.05) is 47.8 Å². The lowest BCUT2D eigenvalue weighted by Crippen LogP contribution is -2.45. The second-order valence-electron chi connectivity index (χ2n) is 9.40. The van der Waals surface area contributed by atoms with E-state index in [-0.39, 0.29) is 18.4 Å². The largest absolute Gasteiger partial charge is 0.445 e. The number of thioether (sulfide) groups is 1. The van der Waals surface area contributed by atoms with Gasteiger partial charge in [0.1, 0.15) is 18.0 Å². The molecule has 2 fully saturated rings. The molecule has 2 aromatic heterocycles. The van der Waals surface area contributed by atoms with Crippen LogP contribution in [0.4, 0.5) is 9.93 Å². The van der Waals surface area contributed by atoms with Crippen molar-refractivity contribution in [2.24, 2.45) is 0 Å². The molecule has 6 rings (SSSR count). The Bertz CT molecular complexity index is 1490. The van der Waals surface area contributed by atoms with Gasteiger partial charge in [0.25, 0.3) is 5.91 Å². The van der Waals surface area contributed by atoms with Crippen LogP contribution >= 0.6 is 23.1 Å². The van der Waals surface area contributed by atoms with E-state index in [1.165, 1.54) is 40.6 Å². The fourth-order valence-corrected chi connectivity index (χ4v) is 6.31. The van der Waals surface area contributed by atoms with Crippen LogP contribution in [0.5, 0.6) is 0 Å². The first-order valence-corrected chi connectivity index (χ1v) is 14.6. The SMILES string of the molecule is O=C(NC1CC1)c1ccc(-c2csc(NC(=O)C3CSC(c4cnco4)N3C(=O)OCc3ccccc3)n2)cc1. The minimum atomic E-state index is -0.806. The molecule has 2 aromatic carbocycles. The number of nitrogens with zero attached hydrogens (tertiary/aromatic N) is 3. The van der Waals surface area contributed by atoms with Gasteiger partial charge in [-0.15, -0.1) is 23.1 Å². The molecule has 3 heterocycles. The molecule has 1 saturated carbocycles. The van der Waals surface area contributed by atoms with Crippen molar-refractivity contribution in [1.82, 2.24) is 20.2 Å². The lowest BCUT2D eigenvalue weighted by Gasteiger charge is -2.26. The van der Waals surface area contributed by atoms with Crippen LogP contribution in [0.1, 0.15) is 39.9 Å². The Kier molecular flexibility index (Phi) is 7.51. The van der Waals surface area contributed by atoms with E-state index < -0.39 is 17.5 Å². The first-order valence-electron chi connectivity index (χ1n) is 12.7. The smallest absolute Gasteiger partial charge is 0.412 e. The predicted molar refractivity (Wildman–Crippen MR) is 151 cm³/mol. The van der Waals surface area contributed by atoms with E-state index in [1.54, 1.807) is 12.1 Å². The number of carbonyl (C=O) groups excluding carboxylic acids is 3. The molecule has 2 aliphatic rings. The molecule has 2 atom stereocenters. The van der Waals surface area contributed by atoms with Crippen molar-refractivity contribution >= 4 is 46.1 Å². The van der Waals surface area contributed by atoms with Gasteiger partial charge in [0, 0.05) is 28.3 Å². The summed E-state index contributed by atoms with van der Waals surface area (Å²) in [7, 11) is 0. The molecule has 1 aliphatic carbocycles.